The third-order valence-corrected chi connectivity index (χ3v) is 8.64. The van der Waals surface area contributed by atoms with Gasteiger partial charge < -0.3 is 19.6 Å². The van der Waals surface area contributed by atoms with Gasteiger partial charge in [0.2, 0.25) is 11.6 Å². The van der Waals surface area contributed by atoms with E-state index >= 15 is 0 Å². The summed E-state index contributed by atoms with van der Waals surface area (Å²) < 4.78 is 1.55. The number of aromatic nitrogens is 1. The molecule has 204 valence electrons. The predicted octanol–water partition coefficient (Wildman–Crippen LogP) is 1.40. The van der Waals surface area contributed by atoms with Crippen molar-refractivity contribution in [3.05, 3.63) is 98.6 Å². The Hall–Kier alpha value is -4.32. The molecule has 1 aromatic heterocycles. The fourth-order valence-electron chi connectivity index (χ4n) is 6.89. The van der Waals surface area contributed by atoms with E-state index in [2.05, 4.69) is 0 Å². The topological polar surface area (TPSA) is 131 Å². The summed E-state index contributed by atoms with van der Waals surface area (Å²) in [5, 5.41) is 19.5. The van der Waals surface area contributed by atoms with E-state index in [1.165, 1.54) is 6.07 Å². The summed E-state index contributed by atoms with van der Waals surface area (Å²) >= 11 is 0. The molecule has 11 heteroatoms. The average molecular weight is 542 g/mol. The van der Waals surface area contributed by atoms with Gasteiger partial charge in [0.15, 0.2) is 0 Å². The second-order valence-electron chi connectivity index (χ2n) is 10.9. The van der Waals surface area contributed by atoms with Crippen molar-refractivity contribution in [2.24, 2.45) is 5.92 Å². The van der Waals surface area contributed by atoms with E-state index in [-0.39, 0.29) is 48.2 Å². The number of pyridine rings is 1. The summed E-state index contributed by atoms with van der Waals surface area (Å²) in [5.74, 6) is -0.503. The SMILES string of the molecule is O=C(CCN1C(=O)c2ccccc2N2C(=O)c3ccccc3C12)N1CC2CC(C1)c1ccc([NH+]([O-])O)c(=O)n1C2. The van der Waals surface area contributed by atoms with Gasteiger partial charge in [-0.2, -0.15) is 5.23 Å². The number of fused-ring (bicyclic) bond motifs is 9. The van der Waals surface area contributed by atoms with E-state index in [9.17, 15) is 29.6 Å². The third-order valence-electron chi connectivity index (χ3n) is 8.64. The van der Waals surface area contributed by atoms with E-state index in [0.717, 1.165) is 17.7 Å². The summed E-state index contributed by atoms with van der Waals surface area (Å²) in [6.07, 6.45) is 0.313. The van der Waals surface area contributed by atoms with Crippen LogP contribution >= 0.6 is 0 Å². The summed E-state index contributed by atoms with van der Waals surface area (Å²) in [5.41, 5.74) is 2.32. The summed E-state index contributed by atoms with van der Waals surface area (Å²) in [6.45, 7) is 1.41. The lowest BCUT2D eigenvalue weighted by molar-refractivity contribution is -0.992. The molecular formula is C29H27N5O6. The van der Waals surface area contributed by atoms with E-state index in [0.29, 0.717) is 36.4 Å². The van der Waals surface area contributed by atoms with Gasteiger partial charge in [-0.1, -0.05) is 30.3 Å². The molecule has 4 aliphatic heterocycles. The Bertz CT molecular complexity index is 1630. The zero-order chi connectivity index (χ0) is 27.7. The number of carbonyl (C=O) groups excluding carboxylic acids is 3. The molecule has 40 heavy (non-hydrogen) atoms. The fourth-order valence-corrected chi connectivity index (χ4v) is 6.89. The van der Waals surface area contributed by atoms with E-state index in [4.69, 9.17) is 0 Å². The van der Waals surface area contributed by atoms with Gasteiger partial charge in [-0.3, -0.25) is 24.1 Å². The molecule has 0 spiro atoms. The average Bonchev–Trinajstić information content (AvgIpc) is 3.25. The van der Waals surface area contributed by atoms with Crippen LogP contribution in [0.4, 0.5) is 11.4 Å². The second kappa shape index (κ2) is 9.12. The number of rotatable bonds is 4. The summed E-state index contributed by atoms with van der Waals surface area (Å²) in [6, 6.07) is 17.4. The van der Waals surface area contributed by atoms with E-state index < -0.39 is 17.0 Å². The minimum atomic E-state index is -1.24. The van der Waals surface area contributed by atoms with Crippen molar-refractivity contribution in [3.63, 3.8) is 0 Å². The molecule has 3 aromatic rings. The molecule has 4 unspecified atom stereocenters. The Balaban J connectivity index is 1.13. The molecule has 2 N–H and O–H groups in total. The van der Waals surface area contributed by atoms with Crippen molar-refractivity contribution in [2.75, 3.05) is 24.5 Å². The molecule has 3 amide bonds. The number of benzene rings is 2. The van der Waals surface area contributed by atoms with Gasteiger partial charge in [0, 0.05) is 61.4 Å². The Morgan fingerprint density at radius 1 is 0.925 bits per heavy atom. The minimum Gasteiger partial charge on any atom is -0.595 e. The number of nitrogens with one attached hydrogen (secondary N) is 1. The molecule has 11 nitrogen and oxygen atoms in total. The normalized spacial score (nSPS) is 23.4. The van der Waals surface area contributed by atoms with Crippen LogP contribution in [0.5, 0.6) is 0 Å². The van der Waals surface area contributed by atoms with Crippen LogP contribution in [0.25, 0.3) is 0 Å². The Morgan fingerprint density at radius 3 is 2.48 bits per heavy atom. The number of quaternary nitrogens is 1. The first-order valence-corrected chi connectivity index (χ1v) is 13.4. The van der Waals surface area contributed by atoms with Crippen LogP contribution in [0.1, 0.15) is 56.9 Å². The molecular weight excluding hydrogens is 514 g/mol. The highest BCUT2D eigenvalue weighted by Crippen LogP contribution is 2.45. The highest BCUT2D eigenvalue weighted by molar-refractivity contribution is 6.16. The number of hydrogen-bond acceptors (Lipinski definition) is 6. The number of carbonyl (C=O) groups is 3. The van der Waals surface area contributed by atoms with Crippen LogP contribution in [-0.2, 0) is 11.3 Å². The number of hydrogen-bond donors (Lipinski definition) is 2. The van der Waals surface area contributed by atoms with Crippen molar-refractivity contribution in [1.82, 2.24) is 14.4 Å². The first-order chi connectivity index (χ1) is 19.3. The zero-order valence-electron chi connectivity index (χ0n) is 21.5. The first-order valence-electron chi connectivity index (χ1n) is 13.4. The van der Waals surface area contributed by atoms with Gasteiger partial charge in [0.05, 0.1) is 11.3 Å². The minimum absolute atomic E-state index is 0.0373. The van der Waals surface area contributed by atoms with Crippen LogP contribution in [0.3, 0.4) is 0 Å². The lowest BCUT2D eigenvalue weighted by Gasteiger charge is -2.43. The van der Waals surface area contributed by atoms with Gasteiger partial charge >= 0.3 is 5.56 Å². The lowest BCUT2D eigenvalue weighted by atomic mass is 9.83. The molecule has 0 radical (unpaired) electrons. The molecule has 2 bridgehead atoms. The maximum atomic E-state index is 13.7. The standard InChI is InChI=1S/C29H27N5O6/c35-25(30-14-17-13-18(16-30)22-9-10-24(34(39)40)29(38)32(22)15-17)11-12-31-26-19-5-1-2-6-20(19)28(37)33(26)23-8-4-3-7-21(23)27(31)36/h1-10,17-18,26,34,39H,11-16H2. The molecule has 4 aliphatic rings. The molecule has 0 saturated carbocycles. The van der Waals surface area contributed by atoms with Crippen molar-refractivity contribution in [1.29, 1.82) is 0 Å². The maximum absolute atomic E-state index is 13.7. The number of amides is 3. The van der Waals surface area contributed by atoms with Crippen molar-refractivity contribution < 1.29 is 24.8 Å². The van der Waals surface area contributed by atoms with Crippen molar-refractivity contribution in [3.8, 4) is 0 Å². The quantitative estimate of drug-likeness (QED) is 0.481. The Kier molecular flexibility index (Phi) is 5.63. The molecule has 5 heterocycles. The molecule has 7 rings (SSSR count). The number of anilines is 1. The number of likely N-dealkylation sites (tertiary alicyclic amines) is 1. The molecule has 4 atom stereocenters. The van der Waals surface area contributed by atoms with Gasteiger partial charge in [0.1, 0.15) is 6.17 Å². The lowest BCUT2D eigenvalue weighted by Crippen LogP contribution is -3.00. The Morgan fingerprint density at radius 2 is 1.68 bits per heavy atom. The van der Waals surface area contributed by atoms with Gasteiger partial charge in [-0.05, 0) is 36.6 Å². The van der Waals surface area contributed by atoms with Crippen LogP contribution < -0.4 is 15.7 Å². The number of nitrogens with zero attached hydrogens (tertiary/aromatic N) is 4. The number of para-hydroxylation sites is 1. The number of piperidine rings is 1. The van der Waals surface area contributed by atoms with E-state index in [1.54, 1.807) is 61.7 Å². The van der Waals surface area contributed by atoms with Crippen LogP contribution in [-0.4, -0.2) is 56.9 Å². The predicted molar refractivity (Wildman–Crippen MR) is 142 cm³/mol. The molecule has 1 saturated heterocycles. The van der Waals surface area contributed by atoms with Gasteiger partial charge in [0.25, 0.3) is 11.8 Å². The van der Waals surface area contributed by atoms with Crippen LogP contribution in [0.15, 0.2) is 65.5 Å². The highest BCUT2D eigenvalue weighted by Gasteiger charge is 2.47. The first kappa shape index (κ1) is 24.7. The fraction of sp³-hybridized carbons (Fsp3) is 0.310. The van der Waals surface area contributed by atoms with Gasteiger partial charge in [-0.15, -0.1) is 0 Å². The van der Waals surface area contributed by atoms with Crippen molar-refractivity contribution in [2.45, 2.75) is 31.5 Å². The zero-order valence-corrected chi connectivity index (χ0v) is 21.5. The largest absolute Gasteiger partial charge is 0.595 e. The second-order valence-corrected chi connectivity index (χ2v) is 10.9. The highest BCUT2D eigenvalue weighted by atomic mass is 16.8. The Labute approximate surface area is 229 Å². The molecule has 1 fully saturated rings. The summed E-state index contributed by atoms with van der Waals surface area (Å²) in [7, 11) is 0. The van der Waals surface area contributed by atoms with E-state index in [1.807, 2.05) is 12.1 Å². The van der Waals surface area contributed by atoms with Crippen molar-refractivity contribution >= 4 is 29.1 Å². The molecule has 0 aliphatic carbocycles. The smallest absolute Gasteiger partial charge is 0.315 e. The van der Waals surface area contributed by atoms with Crippen LogP contribution in [0, 0.1) is 11.1 Å². The van der Waals surface area contributed by atoms with Crippen LogP contribution in [0.2, 0.25) is 0 Å². The summed E-state index contributed by atoms with van der Waals surface area (Å²) in [4.78, 5) is 58.4. The molecule has 2 aromatic carbocycles. The maximum Gasteiger partial charge on any atom is 0.315 e. The monoisotopic (exact) mass is 541 g/mol. The van der Waals surface area contributed by atoms with Gasteiger partial charge in [-0.25, -0.2) is 5.21 Å². The third kappa shape index (κ3) is 3.62.